The highest BCUT2D eigenvalue weighted by Crippen LogP contribution is 2.32. The summed E-state index contributed by atoms with van der Waals surface area (Å²) < 4.78 is 13.7. The molecule has 1 rings (SSSR count). The molecule has 0 radical (unpaired) electrons. The van der Waals surface area contributed by atoms with Crippen LogP contribution in [0.3, 0.4) is 0 Å². The van der Waals surface area contributed by atoms with E-state index in [4.69, 9.17) is 10.8 Å². The van der Waals surface area contributed by atoms with Crippen molar-refractivity contribution >= 4 is 5.97 Å². The predicted molar refractivity (Wildman–Crippen MR) is 59.7 cm³/mol. The number of halogens is 1. The molecular weight excluding hydrogens is 209 g/mol. The van der Waals surface area contributed by atoms with E-state index in [-0.39, 0.29) is 13.0 Å². The van der Waals surface area contributed by atoms with Gasteiger partial charge in [0.05, 0.1) is 6.42 Å². The van der Waals surface area contributed by atoms with Crippen LogP contribution >= 0.6 is 0 Å². The summed E-state index contributed by atoms with van der Waals surface area (Å²) in [5, 5.41) is 8.89. The molecule has 0 amide bonds. The molecule has 0 saturated carbocycles. The van der Waals surface area contributed by atoms with E-state index in [1.54, 1.807) is 18.2 Å². The molecule has 0 aromatic heterocycles. The van der Waals surface area contributed by atoms with Gasteiger partial charge >= 0.3 is 5.97 Å². The van der Waals surface area contributed by atoms with Crippen molar-refractivity contribution in [2.75, 3.05) is 6.54 Å². The topological polar surface area (TPSA) is 63.3 Å². The van der Waals surface area contributed by atoms with Crippen LogP contribution in [-0.4, -0.2) is 17.6 Å². The molecule has 0 bridgehead atoms. The number of aliphatic carboxylic acids is 1. The van der Waals surface area contributed by atoms with Gasteiger partial charge in [0.1, 0.15) is 5.82 Å². The lowest BCUT2D eigenvalue weighted by atomic mass is 9.75. The lowest BCUT2D eigenvalue weighted by Gasteiger charge is -2.30. The highest BCUT2D eigenvalue weighted by Gasteiger charge is 2.33. The Morgan fingerprint density at radius 2 is 2.12 bits per heavy atom. The monoisotopic (exact) mass is 225 g/mol. The number of carboxylic acid groups (broad SMARTS) is 1. The first-order valence-electron chi connectivity index (χ1n) is 5.22. The van der Waals surface area contributed by atoms with E-state index in [0.29, 0.717) is 12.0 Å². The van der Waals surface area contributed by atoms with Crippen molar-refractivity contribution in [3.8, 4) is 0 Å². The molecule has 1 aromatic rings. The highest BCUT2D eigenvalue weighted by molar-refractivity contribution is 5.69. The van der Waals surface area contributed by atoms with E-state index in [0.717, 1.165) is 0 Å². The summed E-state index contributed by atoms with van der Waals surface area (Å²) in [5.41, 5.74) is 5.22. The average molecular weight is 225 g/mol. The Bertz CT molecular complexity index is 375. The molecule has 0 aliphatic heterocycles. The number of rotatable bonds is 5. The van der Waals surface area contributed by atoms with Gasteiger partial charge in [0.2, 0.25) is 0 Å². The Kier molecular flexibility index (Phi) is 4.01. The number of nitrogens with two attached hydrogens (primary N) is 1. The third-order valence-corrected chi connectivity index (χ3v) is 3.00. The van der Waals surface area contributed by atoms with Crippen LogP contribution in [0, 0.1) is 5.82 Å². The molecule has 0 heterocycles. The van der Waals surface area contributed by atoms with Gasteiger partial charge in [0, 0.05) is 12.0 Å². The zero-order valence-electron chi connectivity index (χ0n) is 9.24. The second kappa shape index (κ2) is 5.07. The first-order valence-corrected chi connectivity index (χ1v) is 5.22. The maximum atomic E-state index is 13.7. The van der Waals surface area contributed by atoms with Crippen LogP contribution in [0.15, 0.2) is 24.3 Å². The molecule has 16 heavy (non-hydrogen) atoms. The van der Waals surface area contributed by atoms with Gasteiger partial charge in [-0.15, -0.1) is 0 Å². The van der Waals surface area contributed by atoms with Gasteiger partial charge in [-0.1, -0.05) is 25.1 Å². The zero-order chi connectivity index (χ0) is 12.2. The van der Waals surface area contributed by atoms with E-state index < -0.39 is 17.2 Å². The van der Waals surface area contributed by atoms with Crippen molar-refractivity contribution in [2.24, 2.45) is 5.73 Å². The molecule has 0 fully saturated rings. The summed E-state index contributed by atoms with van der Waals surface area (Å²) in [4.78, 5) is 10.8. The summed E-state index contributed by atoms with van der Waals surface area (Å²) in [6, 6.07) is 6.21. The summed E-state index contributed by atoms with van der Waals surface area (Å²) in [7, 11) is 0. The van der Waals surface area contributed by atoms with Gasteiger partial charge in [-0.05, 0) is 18.1 Å². The van der Waals surface area contributed by atoms with E-state index in [1.807, 2.05) is 6.92 Å². The van der Waals surface area contributed by atoms with Crippen molar-refractivity contribution in [1.29, 1.82) is 0 Å². The van der Waals surface area contributed by atoms with Gasteiger partial charge in [-0.2, -0.15) is 0 Å². The minimum atomic E-state index is -0.962. The molecule has 0 aliphatic rings. The Labute approximate surface area is 94.1 Å². The van der Waals surface area contributed by atoms with E-state index in [1.165, 1.54) is 6.07 Å². The van der Waals surface area contributed by atoms with Gasteiger partial charge in [0.25, 0.3) is 0 Å². The van der Waals surface area contributed by atoms with Crippen LogP contribution in [0.25, 0.3) is 0 Å². The van der Waals surface area contributed by atoms with Crippen molar-refractivity contribution in [3.63, 3.8) is 0 Å². The summed E-state index contributed by atoms with van der Waals surface area (Å²) in [5.74, 6) is -1.35. The first-order chi connectivity index (χ1) is 7.55. The summed E-state index contributed by atoms with van der Waals surface area (Å²) >= 11 is 0. The quantitative estimate of drug-likeness (QED) is 0.804. The Hall–Kier alpha value is -1.42. The van der Waals surface area contributed by atoms with Gasteiger partial charge < -0.3 is 10.8 Å². The maximum absolute atomic E-state index is 13.7. The molecule has 0 aliphatic carbocycles. The molecule has 4 heteroatoms. The van der Waals surface area contributed by atoms with Crippen LogP contribution in [-0.2, 0) is 10.2 Å². The van der Waals surface area contributed by atoms with Crippen LogP contribution in [0.1, 0.15) is 25.3 Å². The minimum Gasteiger partial charge on any atom is -0.481 e. The molecule has 88 valence electrons. The normalized spacial score (nSPS) is 14.4. The van der Waals surface area contributed by atoms with Gasteiger partial charge in [-0.25, -0.2) is 4.39 Å². The third-order valence-electron chi connectivity index (χ3n) is 3.00. The minimum absolute atomic E-state index is 0.122. The molecular formula is C12H16FNO2. The largest absolute Gasteiger partial charge is 0.481 e. The van der Waals surface area contributed by atoms with Crippen molar-refractivity contribution in [2.45, 2.75) is 25.2 Å². The van der Waals surface area contributed by atoms with Crippen molar-refractivity contribution in [3.05, 3.63) is 35.6 Å². The second-order valence-corrected chi connectivity index (χ2v) is 3.89. The number of benzene rings is 1. The lowest BCUT2D eigenvalue weighted by molar-refractivity contribution is -0.138. The molecule has 0 saturated heterocycles. The number of carboxylic acids is 1. The molecule has 3 N–H and O–H groups in total. The van der Waals surface area contributed by atoms with Crippen LogP contribution in [0.4, 0.5) is 4.39 Å². The van der Waals surface area contributed by atoms with E-state index in [2.05, 4.69) is 0 Å². The van der Waals surface area contributed by atoms with Crippen molar-refractivity contribution < 1.29 is 14.3 Å². The summed E-state index contributed by atoms with van der Waals surface area (Å²) in [6.07, 6.45) is 0.345. The maximum Gasteiger partial charge on any atom is 0.304 e. The lowest BCUT2D eigenvalue weighted by Crippen LogP contribution is -2.37. The van der Waals surface area contributed by atoms with E-state index in [9.17, 15) is 9.18 Å². The molecule has 0 spiro atoms. The second-order valence-electron chi connectivity index (χ2n) is 3.89. The molecule has 3 nitrogen and oxygen atoms in total. The zero-order valence-corrected chi connectivity index (χ0v) is 9.24. The van der Waals surface area contributed by atoms with Gasteiger partial charge in [-0.3, -0.25) is 4.79 Å². The Morgan fingerprint density at radius 1 is 1.50 bits per heavy atom. The molecule has 1 atom stereocenters. The fourth-order valence-corrected chi connectivity index (χ4v) is 1.92. The standard InChI is InChI=1S/C12H16FNO2/c1-2-12(8-14,7-11(15)16)9-5-3-4-6-10(9)13/h3-6H,2,7-8,14H2,1H3,(H,15,16). The van der Waals surface area contributed by atoms with Crippen LogP contribution in [0.2, 0.25) is 0 Å². The van der Waals surface area contributed by atoms with Crippen LogP contribution in [0.5, 0.6) is 0 Å². The Morgan fingerprint density at radius 3 is 2.56 bits per heavy atom. The number of hydrogen-bond donors (Lipinski definition) is 2. The van der Waals surface area contributed by atoms with E-state index >= 15 is 0 Å². The van der Waals surface area contributed by atoms with Gasteiger partial charge in [0.15, 0.2) is 0 Å². The number of carbonyl (C=O) groups is 1. The smallest absolute Gasteiger partial charge is 0.304 e. The first kappa shape index (κ1) is 12.6. The molecule has 1 aromatic carbocycles. The predicted octanol–water partition coefficient (Wildman–Crippen LogP) is 1.91. The van der Waals surface area contributed by atoms with Crippen LogP contribution < -0.4 is 5.73 Å². The fourth-order valence-electron chi connectivity index (χ4n) is 1.92. The SMILES string of the molecule is CCC(CN)(CC(=O)O)c1ccccc1F. The summed E-state index contributed by atoms with van der Waals surface area (Å²) in [6.45, 7) is 1.94. The van der Waals surface area contributed by atoms with Crippen molar-refractivity contribution in [1.82, 2.24) is 0 Å². The Balaban J connectivity index is 3.20. The molecule has 1 unspecified atom stereocenters. The fraction of sp³-hybridized carbons (Fsp3) is 0.417. The number of hydrogen-bond acceptors (Lipinski definition) is 2. The highest BCUT2D eigenvalue weighted by atomic mass is 19.1. The average Bonchev–Trinajstić information content (AvgIpc) is 2.26. The third kappa shape index (κ3) is 2.39.